The van der Waals surface area contributed by atoms with Crippen molar-refractivity contribution in [3.63, 3.8) is 0 Å². The molecule has 0 unspecified atom stereocenters. The molecule has 0 aromatic rings. The van der Waals surface area contributed by atoms with Gasteiger partial charge < -0.3 is 89.0 Å². The normalized spacial score (nSPS) is 42.2. The number of ether oxygens (including phenoxy) is 8. The zero-order valence-corrected chi connectivity index (χ0v) is 34.8. The average molecular weight is 885 g/mol. The number of carbonyl (C=O) groups is 2. The minimum absolute atomic E-state index is 0.0390. The van der Waals surface area contributed by atoms with Gasteiger partial charge in [-0.15, -0.1) is 0 Å². The lowest BCUT2D eigenvalue weighted by molar-refractivity contribution is -0.346. The molecule has 0 spiro atoms. The highest BCUT2D eigenvalue weighted by Gasteiger charge is 2.56. The first kappa shape index (κ1) is 48.1. The number of allylic oxidation sites excluding steroid dienone is 2. The molecule has 2 saturated carbocycles. The smallest absolute Gasteiger partial charge is 0.342 e. The molecule has 0 aromatic heterocycles. The maximum atomic E-state index is 13.3. The number of carbonyl (C=O) groups excluding carboxylic acids is 2. The molecule has 0 amide bonds. The zero-order valence-electron chi connectivity index (χ0n) is 34.8. The van der Waals surface area contributed by atoms with Crippen LogP contribution in [0.25, 0.3) is 0 Å². The quantitative estimate of drug-likeness (QED) is 0.0510. The molecule has 6 rings (SSSR count). The van der Waals surface area contributed by atoms with Crippen LogP contribution in [0, 0.1) is 23.7 Å². The Morgan fingerprint density at radius 2 is 1.34 bits per heavy atom. The van der Waals surface area contributed by atoms with Crippen molar-refractivity contribution in [3.8, 4) is 0 Å². The summed E-state index contributed by atoms with van der Waals surface area (Å²) in [6.07, 6.45) is -10.7. The Labute approximate surface area is 357 Å². The lowest BCUT2D eigenvalue weighted by Gasteiger charge is -2.44. The van der Waals surface area contributed by atoms with E-state index in [-0.39, 0.29) is 24.2 Å². The highest BCUT2D eigenvalue weighted by atomic mass is 16.8. The third-order valence-electron chi connectivity index (χ3n) is 12.8. The Morgan fingerprint density at radius 1 is 0.774 bits per heavy atom. The van der Waals surface area contributed by atoms with Gasteiger partial charge in [0.2, 0.25) is 12.6 Å². The molecule has 2 aliphatic carbocycles. The molecular formula is C42H60O20. The maximum absolute atomic E-state index is 13.3. The lowest BCUT2D eigenvalue weighted by Crippen LogP contribution is -2.60. The lowest BCUT2D eigenvalue weighted by atomic mass is 9.81. The van der Waals surface area contributed by atoms with E-state index in [9.17, 15) is 60.7 Å². The first-order chi connectivity index (χ1) is 29.4. The molecule has 4 heterocycles. The molecule has 348 valence electrons. The second kappa shape index (κ2) is 20.2. The Kier molecular flexibility index (Phi) is 15.7. The van der Waals surface area contributed by atoms with Crippen molar-refractivity contribution in [2.45, 2.75) is 145 Å². The van der Waals surface area contributed by atoms with Crippen molar-refractivity contribution >= 4 is 11.9 Å². The van der Waals surface area contributed by atoms with Crippen molar-refractivity contribution in [2.75, 3.05) is 19.8 Å². The van der Waals surface area contributed by atoms with Crippen molar-refractivity contribution in [2.24, 2.45) is 23.7 Å². The average Bonchev–Trinajstić information content (AvgIpc) is 3.73. The van der Waals surface area contributed by atoms with E-state index >= 15 is 0 Å². The van der Waals surface area contributed by atoms with Crippen molar-refractivity contribution in [1.82, 2.24) is 0 Å². The Bertz CT molecular complexity index is 1740. The monoisotopic (exact) mass is 884 g/mol. The van der Waals surface area contributed by atoms with E-state index in [0.29, 0.717) is 37.7 Å². The number of aliphatic hydroxyl groups is 10. The van der Waals surface area contributed by atoms with Crippen molar-refractivity contribution in [1.29, 1.82) is 0 Å². The summed E-state index contributed by atoms with van der Waals surface area (Å²) < 4.78 is 45.0. The maximum Gasteiger partial charge on any atom is 0.342 e. The molecule has 0 aromatic carbocycles. The van der Waals surface area contributed by atoms with E-state index in [4.69, 9.17) is 37.9 Å². The van der Waals surface area contributed by atoms with Crippen LogP contribution in [0.3, 0.4) is 0 Å². The van der Waals surface area contributed by atoms with Crippen LogP contribution >= 0.6 is 0 Å². The fraction of sp³-hybridized carbons (Fsp3) is 0.714. The van der Waals surface area contributed by atoms with Gasteiger partial charge in [-0.1, -0.05) is 18.2 Å². The molecule has 20 nitrogen and oxygen atoms in total. The summed E-state index contributed by atoms with van der Waals surface area (Å²) in [5.41, 5.74) is 0.989. The second-order valence-corrected chi connectivity index (χ2v) is 17.2. The molecule has 4 aliphatic heterocycles. The van der Waals surface area contributed by atoms with Crippen LogP contribution in [0.2, 0.25) is 0 Å². The molecule has 10 N–H and O–H groups in total. The SMILES string of the molecule is C=C1[C@H]2[C@H](O[C@@H]3O[C@H](CO)[C@@H](O)[C@H](O)[C@H]3O)OC=C(C(=O)OCC/C(C)=C/CC/C(C)=C\OC(=O)C3=CO[C@@H](O[C@@H]4O[C@H](CO)[C@@H](O)[C@H](O)[C@H]4O)[C@H]4[C@@H]3CC[C@]4(C)O)[C@H]2C[C@@H]1O. The minimum atomic E-state index is -1.68. The van der Waals surface area contributed by atoms with Crippen LogP contribution in [-0.4, -0.2) is 169 Å². The van der Waals surface area contributed by atoms with Gasteiger partial charge in [0.1, 0.15) is 48.8 Å². The van der Waals surface area contributed by atoms with E-state index in [1.807, 2.05) is 13.0 Å². The summed E-state index contributed by atoms with van der Waals surface area (Å²) in [6.45, 7) is 7.92. The summed E-state index contributed by atoms with van der Waals surface area (Å²) in [5, 5.41) is 102. The number of fused-ring (bicyclic) bond motifs is 2. The van der Waals surface area contributed by atoms with E-state index in [2.05, 4.69) is 6.58 Å². The molecule has 0 bridgehead atoms. The molecule has 6 aliphatic rings. The predicted molar refractivity (Wildman–Crippen MR) is 208 cm³/mol. The van der Waals surface area contributed by atoms with Gasteiger partial charge in [0.05, 0.1) is 73.3 Å². The van der Waals surface area contributed by atoms with Gasteiger partial charge in [0.15, 0.2) is 12.6 Å². The standard InChI is InChI=1S/C42H60O20/c1-18(9-11-55-36(52)24-17-57-38(28-20(3)25(45)12-22(24)28)61-40-34(50)32(48)30(46)26(13-43)59-40)6-5-7-19(2)15-56-37(53)23-16-58-39(29-21(23)8-10-42(29,4)54)62-41-35(51)33(49)31(47)27(14-44)60-41/h6,15-17,21-22,25-35,38-41,43-51,54H,3,5,7-14H2,1-2,4H3/b18-6+,19-15-/t21-,22-,25+,26-,27-,28-,29-,30-,31-,32+,33+,34-,35-,38+,39+,40+,41+,42+/m1/s1. The largest absolute Gasteiger partial charge is 0.471 e. The first-order valence-electron chi connectivity index (χ1n) is 20.8. The second-order valence-electron chi connectivity index (χ2n) is 17.2. The molecule has 4 fully saturated rings. The van der Waals surface area contributed by atoms with Gasteiger partial charge in [-0.3, -0.25) is 0 Å². The third kappa shape index (κ3) is 10.1. The topological polar surface area (TPSA) is 310 Å². The molecule has 18 atom stereocenters. The molecule has 62 heavy (non-hydrogen) atoms. The molecule has 0 radical (unpaired) electrons. The van der Waals surface area contributed by atoms with Crippen LogP contribution in [0.4, 0.5) is 0 Å². The highest BCUT2D eigenvalue weighted by Crippen LogP contribution is 2.50. The Morgan fingerprint density at radius 3 is 1.94 bits per heavy atom. The van der Waals surface area contributed by atoms with E-state index in [1.165, 1.54) is 18.8 Å². The fourth-order valence-electron chi connectivity index (χ4n) is 8.96. The van der Waals surface area contributed by atoms with E-state index in [0.717, 1.165) is 11.1 Å². The number of rotatable bonds is 15. The van der Waals surface area contributed by atoms with E-state index < -0.39 is 135 Å². The van der Waals surface area contributed by atoms with Gasteiger partial charge in [0, 0.05) is 18.3 Å². The highest BCUT2D eigenvalue weighted by molar-refractivity contribution is 5.90. The van der Waals surface area contributed by atoms with Gasteiger partial charge in [-0.25, -0.2) is 9.59 Å². The molecule has 2 saturated heterocycles. The first-order valence-corrected chi connectivity index (χ1v) is 20.8. The zero-order chi connectivity index (χ0) is 45.2. The van der Waals surface area contributed by atoms with Gasteiger partial charge in [-0.2, -0.15) is 0 Å². The summed E-state index contributed by atoms with van der Waals surface area (Å²) in [5.74, 6) is -4.04. The van der Waals surface area contributed by atoms with Crippen LogP contribution in [-0.2, 0) is 47.5 Å². The molecular weight excluding hydrogens is 824 g/mol. The molecule has 20 heteroatoms. The van der Waals surface area contributed by atoms with Gasteiger partial charge in [-0.05, 0) is 64.0 Å². The van der Waals surface area contributed by atoms with Crippen LogP contribution in [0.1, 0.15) is 59.3 Å². The Balaban J connectivity index is 0.965. The van der Waals surface area contributed by atoms with Gasteiger partial charge >= 0.3 is 11.9 Å². The summed E-state index contributed by atoms with van der Waals surface area (Å²) >= 11 is 0. The van der Waals surface area contributed by atoms with Crippen molar-refractivity contribution < 1.29 is 98.5 Å². The summed E-state index contributed by atoms with van der Waals surface area (Å²) in [4.78, 5) is 26.5. The third-order valence-corrected chi connectivity index (χ3v) is 12.8. The van der Waals surface area contributed by atoms with Crippen LogP contribution in [0.5, 0.6) is 0 Å². The van der Waals surface area contributed by atoms with E-state index in [1.54, 1.807) is 13.8 Å². The minimum Gasteiger partial charge on any atom is -0.471 e. The predicted octanol–water partition coefficient (Wildman–Crippen LogP) is -1.46. The number of esters is 2. The van der Waals surface area contributed by atoms with Gasteiger partial charge in [0.25, 0.3) is 0 Å². The fourth-order valence-corrected chi connectivity index (χ4v) is 8.96. The summed E-state index contributed by atoms with van der Waals surface area (Å²) in [7, 11) is 0. The Hall–Kier alpha value is -3.32. The summed E-state index contributed by atoms with van der Waals surface area (Å²) in [6, 6.07) is 0. The number of hydrogen-bond donors (Lipinski definition) is 10. The number of hydrogen-bond acceptors (Lipinski definition) is 20. The van der Waals surface area contributed by atoms with Crippen LogP contribution < -0.4 is 0 Å². The van der Waals surface area contributed by atoms with Crippen LogP contribution in [0.15, 0.2) is 59.3 Å². The number of aliphatic hydroxyl groups excluding tert-OH is 9. The van der Waals surface area contributed by atoms with Crippen molar-refractivity contribution in [3.05, 3.63) is 59.3 Å².